The minimum atomic E-state index is -3.45. The SMILES string of the molecule is Cc1ccc(S(C)(=O)=O)cc1C(=O)O[C@@H](C)c1cccc([N+](=O)[O-])c1. The normalized spacial score (nSPS) is 12.4. The van der Waals surface area contributed by atoms with E-state index in [1.54, 1.807) is 19.9 Å². The Hall–Kier alpha value is -2.74. The molecule has 1 atom stereocenters. The average Bonchev–Trinajstić information content (AvgIpc) is 2.54. The van der Waals surface area contributed by atoms with Gasteiger partial charge in [-0.2, -0.15) is 0 Å². The summed E-state index contributed by atoms with van der Waals surface area (Å²) in [5.74, 6) is -0.693. The van der Waals surface area contributed by atoms with Gasteiger partial charge in [0.05, 0.1) is 15.4 Å². The number of nitrogens with zero attached hydrogens (tertiary/aromatic N) is 1. The smallest absolute Gasteiger partial charge is 0.339 e. The maximum Gasteiger partial charge on any atom is 0.339 e. The maximum absolute atomic E-state index is 12.4. The zero-order chi connectivity index (χ0) is 18.8. The molecule has 0 aliphatic heterocycles. The molecule has 0 spiro atoms. The number of sulfone groups is 1. The lowest BCUT2D eigenvalue weighted by Gasteiger charge is -2.15. The van der Waals surface area contributed by atoms with Crippen molar-refractivity contribution in [3.05, 3.63) is 69.3 Å². The Kier molecular flexibility index (Phi) is 5.22. The minimum Gasteiger partial charge on any atom is -0.454 e. The molecule has 0 aliphatic rings. The molecule has 25 heavy (non-hydrogen) atoms. The monoisotopic (exact) mass is 363 g/mol. The zero-order valence-corrected chi connectivity index (χ0v) is 14.7. The van der Waals surface area contributed by atoms with Gasteiger partial charge in [0.1, 0.15) is 6.10 Å². The van der Waals surface area contributed by atoms with Crippen LogP contribution < -0.4 is 0 Å². The molecule has 0 unspecified atom stereocenters. The Morgan fingerprint density at radius 1 is 1.20 bits per heavy atom. The van der Waals surface area contributed by atoms with Crippen molar-refractivity contribution in [2.24, 2.45) is 0 Å². The molecule has 0 saturated carbocycles. The van der Waals surface area contributed by atoms with E-state index in [1.807, 2.05) is 0 Å². The van der Waals surface area contributed by atoms with E-state index in [9.17, 15) is 23.3 Å². The Labute approximate surface area is 145 Å². The van der Waals surface area contributed by atoms with E-state index >= 15 is 0 Å². The second kappa shape index (κ2) is 7.02. The van der Waals surface area contributed by atoms with Crippen molar-refractivity contribution in [2.75, 3.05) is 6.26 Å². The van der Waals surface area contributed by atoms with Gasteiger partial charge in [0.2, 0.25) is 0 Å². The number of esters is 1. The molecule has 2 aromatic carbocycles. The van der Waals surface area contributed by atoms with Gasteiger partial charge in [-0.25, -0.2) is 13.2 Å². The van der Waals surface area contributed by atoms with Crippen LogP contribution in [0.5, 0.6) is 0 Å². The third-order valence-corrected chi connectivity index (χ3v) is 4.80. The zero-order valence-electron chi connectivity index (χ0n) is 13.9. The molecule has 2 aromatic rings. The number of non-ortho nitro benzene ring substituents is 1. The van der Waals surface area contributed by atoms with Crippen molar-refractivity contribution >= 4 is 21.5 Å². The molecule has 0 saturated heterocycles. The lowest BCUT2D eigenvalue weighted by Crippen LogP contribution is -2.12. The van der Waals surface area contributed by atoms with Crippen molar-refractivity contribution in [2.45, 2.75) is 24.8 Å². The topological polar surface area (TPSA) is 104 Å². The molecule has 0 fully saturated rings. The summed E-state index contributed by atoms with van der Waals surface area (Å²) in [6, 6.07) is 10.0. The fraction of sp³-hybridized carbons (Fsp3) is 0.235. The number of nitro benzene ring substituents is 1. The molecule has 2 rings (SSSR count). The fourth-order valence-electron chi connectivity index (χ4n) is 2.23. The van der Waals surface area contributed by atoms with Crippen LogP contribution >= 0.6 is 0 Å². The fourth-order valence-corrected chi connectivity index (χ4v) is 2.88. The van der Waals surface area contributed by atoms with E-state index in [2.05, 4.69) is 0 Å². The van der Waals surface area contributed by atoms with Crippen LogP contribution in [-0.4, -0.2) is 25.6 Å². The van der Waals surface area contributed by atoms with Gasteiger partial charge < -0.3 is 4.74 Å². The van der Waals surface area contributed by atoms with Crippen LogP contribution in [0.3, 0.4) is 0 Å². The van der Waals surface area contributed by atoms with E-state index in [0.717, 1.165) is 6.26 Å². The van der Waals surface area contributed by atoms with E-state index in [-0.39, 0.29) is 16.1 Å². The molecular formula is C17H17NO6S. The van der Waals surface area contributed by atoms with Gasteiger partial charge in [0, 0.05) is 18.4 Å². The van der Waals surface area contributed by atoms with Gasteiger partial charge >= 0.3 is 5.97 Å². The third kappa shape index (κ3) is 4.42. The standard InChI is InChI=1S/C17H17NO6S/c1-11-7-8-15(25(3,22)23)10-16(11)17(19)24-12(2)13-5-4-6-14(9-13)18(20)21/h4-10,12H,1-3H3/t12-/m0/s1. The average molecular weight is 363 g/mol. The van der Waals surface area contributed by atoms with Crippen molar-refractivity contribution < 1.29 is 22.9 Å². The number of carbonyl (C=O) groups is 1. The van der Waals surface area contributed by atoms with Crippen molar-refractivity contribution in [3.8, 4) is 0 Å². The third-order valence-electron chi connectivity index (χ3n) is 3.69. The number of hydrogen-bond acceptors (Lipinski definition) is 6. The lowest BCUT2D eigenvalue weighted by molar-refractivity contribution is -0.385. The van der Waals surface area contributed by atoms with Gasteiger partial charge in [0.25, 0.3) is 5.69 Å². The van der Waals surface area contributed by atoms with E-state index in [1.165, 1.54) is 36.4 Å². The highest BCUT2D eigenvalue weighted by Crippen LogP contribution is 2.24. The highest BCUT2D eigenvalue weighted by Gasteiger charge is 2.19. The summed E-state index contributed by atoms with van der Waals surface area (Å²) in [5.41, 5.74) is 1.08. The van der Waals surface area contributed by atoms with Crippen molar-refractivity contribution in [1.29, 1.82) is 0 Å². The molecule has 0 heterocycles. The van der Waals surface area contributed by atoms with E-state index in [4.69, 9.17) is 4.74 Å². The number of nitro groups is 1. The molecular weight excluding hydrogens is 346 g/mol. The summed E-state index contributed by atoms with van der Waals surface area (Å²) in [6.45, 7) is 3.26. The molecule has 0 aromatic heterocycles. The second-order valence-corrected chi connectivity index (χ2v) is 7.66. The number of ether oxygens (including phenoxy) is 1. The number of carbonyl (C=O) groups excluding carboxylic acids is 1. The van der Waals surface area contributed by atoms with Crippen LogP contribution in [0, 0.1) is 17.0 Å². The van der Waals surface area contributed by atoms with Gasteiger partial charge in [-0.1, -0.05) is 18.2 Å². The molecule has 132 valence electrons. The second-order valence-electron chi connectivity index (χ2n) is 5.65. The van der Waals surface area contributed by atoms with Crippen LogP contribution in [0.15, 0.2) is 47.4 Å². The Bertz CT molecular complexity index is 936. The highest BCUT2D eigenvalue weighted by atomic mass is 32.2. The summed E-state index contributed by atoms with van der Waals surface area (Å²) in [7, 11) is -3.45. The number of benzene rings is 2. The van der Waals surface area contributed by atoms with Gasteiger partial charge in [-0.15, -0.1) is 0 Å². The Balaban J connectivity index is 2.28. The van der Waals surface area contributed by atoms with Gasteiger partial charge in [0.15, 0.2) is 9.84 Å². The molecule has 0 aliphatic carbocycles. The number of hydrogen-bond donors (Lipinski definition) is 0. The van der Waals surface area contributed by atoms with Crippen molar-refractivity contribution in [3.63, 3.8) is 0 Å². The number of rotatable bonds is 5. The Morgan fingerprint density at radius 3 is 2.48 bits per heavy atom. The molecule has 8 heteroatoms. The predicted octanol–water partition coefficient (Wildman–Crippen LogP) is 3.22. The van der Waals surface area contributed by atoms with E-state index in [0.29, 0.717) is 11.1 Å². The Morgan fingerprint density at radius 2 is 1.88 bits per heavy atom. The first-order valence-electron chi connectivity index (χ1n) is 7.35. The summed E-state index contributed by atoms with van der Waals surface area (Å²) in [4.78, 5) is 22.7. The highest BCUT2D eigenvalue weighted by molar-refractivity contribution is 7.90. The predicted molar refractivity (Wildman–Crippen MR) is 91.2 cm³/mol. The van der Waals surface area contributed by atoms with Crippen LogP contribution in [0.25, 0.3) is 0 Å². The van der Waals surface area contributed by atoms with Crippen molar-refractivity contribution in [1.82, 2.24) is 0 Å². The quantitative estimate of drug-likeness (QED) is 0.459. The molecule has 0 radical (unpaired) electrons. The summed E-state index contributed by atoms with van der Waals surface area (Å²) >= 11 is 0. The van der Waals surface area contributed by atoms with Gasteiger partial charge in [-0.05, 0) is 37.1 Å². The molecule has 7 nitrogen and oxygen atoms in total. The van der Waals surface area contributed by atoms with Crippen LogP contribution in [-0.2, 0) is 14.6 Å². The first kappa shape index (κ1) is 18.6. The summed E-state index contributed by atoms with van der Waals surface area (Å²) in [6.07, 6.45) is 0.326. The van der Waals surface area contributed by atoms with E-state index < -0.39 is 26.8 Å². The first-order valence-corrected chi connectivity index (χ1v) is 9.25. The van der Waals surface area contributed by atoms with Gasteiger partial charge in [-0.3, -0.25) is 10.1 Å². The molecule has 0 amide bonds. The maximum atomic E-state index is 12.4. The minimum absolute atomic E-state index is 0.0213. The van der Waals surface area contributed by atoms with Crippen LogP contribution in [0.2, 0.25) is 0 Å². The van der Waals surface area contributed by atoms with Crippen LogP contribution in [0.4, 0.5) is 5.69 Å². The summed E-state index contributed by atoms with van der Waals surface area (Å²) in [5, 5.41) is 10.8. The first-order chi connectivity index (χ1) is 11.6. The summed E-state index contributed by atoms with van der Waals surface area (Å²) < 4.78 is 28.6. The largest absolute Gasteiger partial charge is 0.454 e. The van der Waals surface area contributed by atoms with Crippen LogP contribution in [0.1, 0.15) is 34.5 Å². The molecule has 0 N–H and O–H groups in total. The molecule has 0 bridgehead atoms. The lowest BCUT2D eigenvalue weighted by atomic mass is 10.1. The number of aryl methyl sites for hydroxylation is 1.